The Morgan fingerprint density at radius 2 is 2.31 bits per heavy atom. The number of pyridine rings is 1. The molecule has 0 radical (unpaired) electrons. The number of hydrogen-bond donors (Lipinski definition) is 1. The van der Waals surface area contributed by atoms with Gasteiger partial charge in [0, 0.05) is 12.5 Å². The molecule has 0 amide bonds. The molecule has 0 aliphatic rings. The molecule has 60 valence electrons. The second-order valence-electron chi connectivity index (χ2n) is 2.20. The fraction of sp³-hybridized carbons (Fsp3) is 0. The van der Waals surface area contributed by atoms with Crippen molar-refractivity contribution in [1.82, 2.24) is 15.0 Å². The molecule has 0 fully saturated rings. The van der Waals surface area contributed by atoms with E-state index in [0.29, 0.717) is 0 Å². The Balaban J connectivity index is 0.000000845. The van der Waals surface area contributed by atoms with Gasteiger partial charge in [-0.25, -0.2) is 4.39 Å². The van der Waals surface area contributed by atoms with Gasteiger partial charge in [0.15, 0.2) is 0 Å². The van der Waals surface area contributed by atoms with Gasteiger partial charge < -0.3 is 14.8 Å². The van der Waals surface area contributed by atoms with Crippen LogP contribution in [-0.2, 0) is 0 Å². The molecule has 1 N–H and O–H groups in total. The van der Waals surface area contributed by atoms with Crippen LogP contribution in [0.3, 0.4) is 0 Å². The van der Waals surface area contributed by atoms with E-state index < -0.39 is 11.4 Å². The smallest absolute Gasteiger partial charge is 0.420 e. The van der Waals surface area contributed by atoms with Crippen LogP contribution in [-0.4, -0.2) is 15.0 Å². The van der Waals surface area contributed by atoms with Gasteiger partial charge in [0.25, 0.3) is 0 Å². The van der Waals surface area contributed by atoms with Crippen LogP contribution in [0.2, 0.25) is 0 Å². The number of fused-ring (bicyclic) bond motifs is 1. The summed E-state index contributed by atoms with van der Waals surface area (Å²) < 4.78 is 12.6. The van der Waals surface area contributed by atoms with Crippen LogP contribution in [0.5, 0.6) is 0 Å². The fourth-order valence-electron chi connectivity index (χ4n) is 0.887. The van der Waals surface area contributed by atoms with E-state index in [2.05, 4.69) is 21.3 Å². The van der Waals surface area contributed by atoms with E-state index in [9.17, 15) is 9.18 Å². The molecule has 2 rings (SSSR count). The van der Waals surface area contributed by atoms with E-state index in [4.69, 9.17) is 0 Å². The van der Waals surface area contributed by atoms with Gasteiger partial charge >= 0.3 is 51.4 Å². The Bertz CT molecular complexity index is 484. The number of aromatic nitrogens is 3. The van der Waals surface area contributed by atoms with Gasteiger partial charge in [-0.05, 0) is 11.5 Å². The summed E-state index contributed by atoms with van der Waals surface area (Å²) in [5, 5.41) is 0.133. The summed E-state index contributed by atoms with van der Waals surface area (Å²) in [6, 6.07) is 1.09. The summed E-state index contributed by atoms with van der Waals surface area (Å²) in [7, 11) is 0. The van der Waals surface area contributed by atoms with Gasteiger partial charge in [0.1, 0.15) is 11.4 Å². The van der Waals surface area contributed by atoms with Crippen LogP contribution >= 0.6 is 0 Å². The Kier molecular flexibility index (Phi) is 3.69. The molecule has 0 saturated carbocycles. The summed E-state index contributed by atoms with van der Waals surface area (Å²) in [4.78, 5) is 20.4. The predicted molar refractivity (Wildman–Crippen MR) is 39.0 cm³/mol. The largest absolute Gasteiger partial charge is 1.00 e. The first-order valence-electron chi connectivity index (χ1n) is 3.19. The summed E-state index contributed by atoms with van der Waals surface area (Å²) >= 11 is 0. The third kappa shape index (κ3) is 2.20. The topological polar surface area (TPSA) is 58.6 Å². The van der Waals surface area contributed by atoms with Crippen LogP contribution in [0.1, 0.15) is 0 Å². The van der Waals surface area contributed by atoms with Crippen molar-refractivity contribution in [1.29, 1.82) is 0 Å². The van der Waals surface area contributed by atoms with Crippen molar-refractivity contribution in [3.05, 3.63) is 34.8 Å². The van der Waals surface area contributed by atoms with E-state index >= 15 is 0 Å². The van der Waals surface area contributed by atoms with Gasteiger partial charge in [-0.1, -0.05) is 0 Å². The molecular weight excluding hydrogens is 200 g/mol. The third-order valence-corrected chi connectivity index (χ3v) is 1.41. The molecule has 0 atom stereocenters. The molecule has 0 spiro atoms. The van der Waals surface area contributed by atoms with E-state index in [1.807, 2.05) is 0 Å². The Morgan fingerprint density at radius 1 is 1.54 bits per heavy atom. The quantitative estimate of drug-likeness (QED) is 0.373. The fourth-order valence-corrected chi connectivity index (χ4v) is 0.887. The van der Waals surface area contributed by atoms with Crippen LogP contribution in [0.15, 0.2) is 17.1 Å². The van der Waals surface area contributed by atoms with Gasteiger partial charge in [0.2, 0.25) is 0 Å². The molecule has 0 unspecified atom stereocenters. The normalized spacial score (nSPS) is 9.62. The van der Waals surface area contributed by atoms with Crippen molar-refractivity contribution in [2.75, 3.05) is 0 Å². The molecule has 0 aliphatic heterocycles. The zero-order chi connectivity index (χ0) is 8.55. The van der Waals surface area contributed by atoms with E-state index in [1.54, 1.807) is 0 Å². The summed E-state index contributed by atoms with van der Waals surface area (Å²) in [6.07, 6.45) is 3.25. The summed E-state index contributed by atoms with van der Waals surface area (Å²) in [6.45, 7) is 0. The molecule has 0 saturated heterocycles. The van der Waals surface area contributed by atoms with Crippen LogP contribution in [0.25, 0.3) is 11.0 Å². The summed E-state index contributed by atoms with van der Waals surface area (Å²) in [5.41, 5.74) is -0.243. The van der Waals surface area contributed by atoms with Crippen molar-refractivity contribution < 1.29 is 55.8 Å². The molecule has 0 aromatic carbocycles. The molecule has 4 nitrogen and oxygen atoms in total. The molecule has 2 heterocycles. The van der Waals surface area contributed by atoms with Crippen molar-refractivity contribution >= 4 is 11.0 Å². The first kappa shape index (κ1) is 10.9. The van der Waals surface area contributed by atoms with E-state index in [0.717, 1.165) is 12.3 Å². The van der Waals surface area contributed by atoms with Gasteiger partial charge in [0.05, 0.1) is 5.65 Å². The number of H-pyrrole nitrogens is 1. The minimum Gasteiger partial charge on any atom is -0.420 e. The van der Waals surface area contributed by atoms with E-state index in [-0.39, 0.29) is 62.4 Å². The zero-order valence-corrected chi connectivity index (χ0v) is 9.96. The monoisotopic (exact) mass is 203 g/mol. The second kappa shape index (κ2) is 4.38. The first-order valence-corrected chi connectivity index (χ1v) is 3.19. The number of nitrogens with one attached hydrogen (secondary N) is 1. The minimum absolute atomic E-state index is 0. The average molecular weight is 203 g/mol. The maximum atomic E-state index is 12.6. The summed E-state index contributed by atoms with van der Waals surface area (Å²) in [5.74, 6) is -0.555. The maximum Gasteiger partial charge on any atom is 1.00 e. The SMILES string of the molecule is O=c1[nH][c-]nc2ncc(F)cc12.[K+]. The van der Waals surface area contributed by atoms with Crippen molar-refractivity contribution in [2.24, 2.45) is 0 Å². The average Bonchev–Trinajstić information content (AvgIpc) is 2.07. The first-order chi connectivity index (χ1) is 5.77. The van der Waals surface area contributed by atoms with Crippen molar-refractivity contribution in [3.63, 3.8) is 0 Å². The molecule has 6 heteroatoms. The Labute approximate surface area is 115 Å². The molecule has 0 aliphatic carbocycles. The number of aromatic amines is 1. The van der Waals surface area contributed by atoms with Gasteiger partial charge in [-0.3, -0.25) is 4.98 Å². The number of rotatable bonds is 0. The number of nitrogens with zero attached hydrogens (tertiary/aromatic N) is 2. The van der Waals surface area contributed by atoms with Crippen LogP contribution < -0.4 is 56.9 Å². The van der Waals surface area contributed by atoms with Crippen LogP contribution in [0, 0.1) is 12.1 Å². The number of hydrogen-bond acceptors (Lipinski definition) is 3. The van der Waals surface area contributed by atoms with Crippen LogP contribution in [0.4, 0.5) is 4.39 Å². The van der Waals surface area contributed by atoms with E-state index in [1.165, 1.54) is 0 Å². The Morgan fingerprint density at radius 3 is 3.08 bits per heavy atom. The molecule has 2 aromatic heterocycles. The standard InChI is InChI=1S/C7H3FN3O.K/c8-4-1-5-6(9-2-4)10-3-11-7(5)12;/h1-2H,(H,9,10,11,12);/q-1;+1. The molecule has 13 heavy (non-hydrogen) atoms. The Hall–Kier alpha value is -0.144. The zero-order valence-electron chi connectivity index (χ0n) is 6.84. The predicted octanol–water partition coefficient (Wildman–Crippen LogP) is -2.74. The van der Waals surface area contributed by atoms with Crippen molar-refractivity contribution in [2.45, 2.75) is 0 Å². The van der Waals surface area contributed by atoms with Crippen molar-refractivity contribution in [3.8, 4) is 0 Å². The number of halogens is 1. The molecular formula is C7H3FKN3O. The minimum atomic E-state index is -0.555. The third-order valence-electron chi connectivity index (χ3n) is 1.41. The van der Waals surface area contributed by atoms with Gasteiger partial charge in [-0.2, -0.15) is 0 Å². The maximum absolute atomic E-state index is 12.6. The molecule has 2 aromatic rings. The second-order valence-corrected chi connectivity index (χ2v) is 2.20. The van der Waals surface area contributed by atoms with Gasteiger partial charge in [-0.15, -0.1) is 0 Å². The molecule has 0 bridgehead atoms.